The maximum atomic E-state index is 12.9. The third-order valence-electron chi connectivity index (χ3n) is 13.6. The Kier molecular flexibility index (Phi) is 38.6. The molecule has 11 atom stereocenters. The molecule has 0 spiro atoms. The Bertz CT molecular complexity index is 1120. The summed E-state index contributed by atoms with van der Waals surface area (Å²) in [7, 11) is 0. The number of hydrogen-bond donors (Lipinski definition) is 7. The summed E-state index contributed by atoms with van der Waals surface area (Å²) in [4.78, 5) is 12.9. The summed E-state index contributed by atoms with van der Waals surface area (Å²) in [5.41, 5.74) is 0. The number of unbranched alkanes of at least 4 members (excludes halogenated alkanes) is 31. The van der Waals surface area contributed by atoms with Crippen molar-refractivity contribution in [2.45, 2.75) is 300 Å². The van der Waals surface area contributed by atoms with E-state index in [2.05, 4.69) is 13.8 Å². The van der Waals surface area contributed by atoms with Crippen LogP contribution in [0.5, 0.6) is 0 Å². The lowest BCUT2D eigenvalue weighted by Gasteiger charge is -2.42. The molecular weight excluding hydrogens is 861 g/mol. The third-order valence-corrected chi connectivity index (χ3v) is 13.6. The fraction of sp³-hybridized carbons (Fsp3) is 0.981. The Morgan fingerprint density at radius 1 is 0.433 bits per heavy atom. The van der Waals surface area contributed by atoms with Crippen molar-refractivity contribution in [2.75, 3.05) is 33.0 Å². The number of aliphatic hydroxyl groups is 7. The molecule has 0 aromatic carbocycles. The van der Waals surface area contributed by atoms with Crippen LogP contribution >= 0.6 is 0 Å². The maximum Gasteiger partial charge on any atom is 0.306 e. The first-order valence-electron chi connectivity index (χ1n) is 27.6. The van der Waals surface area contributed by atoms with Gasteiger partial charge in [0.15, 0.2) is 12.6 Å². The van der Waals surface area contributed by atoms with Gasteiger partial charge in [-0.05, 0) is 12.8 Å². The molecule has 0 aromatic heterocycles. The smallest absolute Gasteiger partial charge is 0.306 e. The molecule has 2 aliphatic rings. The van der Waals surface area contributed by atoms with Crippen molar-refractivity contribution in [3.05, 3.63) is 0 Å². The van der Waals surface area contributed by atoms with E-state index < -0.39 is 80.7 Å². The van der Waals surface area contributed by atoms with Gasteiger partial charge in [-0.2, -0.15) is 0 Å². The topological polar surface area (TPSA) is 214 Å². The van der Waals surface area contributed by atoms with Crippen molar-refractivity contribution in [1.82, 2.24) is 0 Å². The fourth-order valence-corrected chi connectivity index (χ4v) is 9.11. The second-order valence-electron chi connectivity index (χ2n) is 19.8. The quantitative estimate of drug-likeness (QED) is 0.0224. The molecule has 67 heavy (non-hydrogen) atoms. The van der Waals surface area contributed by atoms with E-state index in [-0.39, 0.29) is 25.6 Å². The van der Waals surface area contributed by atoms with Gasteiger partial charge in [0.2, 0.25) is 0 Å². The van der Waals surface area contributed by atoms with Crippen LogP contribution in [0.4, 0.5) is 0 Å². The number of carbonyl (C=O) groups excluding carboxylic acids is 1. The van der Waals surface area contributed by atoms with Crippen molar-refractivity contribution in [1.29, 1.82) is 0 Å². The Hall–Kier alpha value is -1.01. The SMILES string of the molecule is CCCCCCCCCCCCCCCCCCCCCCCCCCCOCC(COC1OC(COC2OC(CO)C(O)C(O)C2O)C(O)C(O)C1O)OC(=O)CCCCCCCCCC. The first kappa shape index (κ1) is 62.1. The lowest BCUT2D eigenvalue weighted by atomic mass is 9.98. The van der Waals surface area contributed by atoms with Crippen LogP contribution in [0.1, 0.15) is 232 Å². The first-order valence-corrected chi connectivity index (χ1v) is 27.6. The van der Waals surface area contributed by atoms with Crippen LogP contribution in [-0.4, -0.2) is 142 Å². The van der Waals surface area contributed by atoms with E-state index in [1.54, 1.807) is 0 Å². The van der Waals surface area contributed by atoms with Gasteiger partial charge >= 0.3 is 5.97 Å². The molecule has 11 unspecified atom stereocenters. The highest BCUT2D eigenvalue weighted by Crippen LogP contribution is 2.27. The highest BCUT2D eigenvalue weighted by atomic mass is 16.7. The summed E-state index contributed by atoms with van der Waals surface area (Å²) in [6, 6.07) is 0. The minimum atomic E-state index is -1.70. The molecule has 2 fully saturated rings. The molecule has 2 rings (SSSR count). The van der Waals surface area contributed by atoms with Gasteiger partial charge in [0.25, 0.3) is 0 Å². The Labute approximate surface area is 406 Å². The zero-order chi connectivity index (χ0) is 48.7. The lowest BCUT2D eigenvalue weighted by Crippen LogP contribution is -2.61. The Morgan fingerprint density at radius 2 is 0.791 bits per heavy atom. The van der Waals surface area contributed by atoms with Crippen molar-refractivity contribution < 1.29 is 69.0 Å². The zero-order valence-corrected chi connectivity index (χ0v) is 42.4. The van der Waals surface area contributed by atoms with E-state index >= 15 is 0 Å². The zero-order valence-electron chi connectivity index (χ0n) is 42.4. The summed E-state index contributed by atoms with van der Waals surface area (Å²) in [6.45, 7) is 3.70. The molecule has 0 saturated carbocycles. The fourth-order valence-electron chi connectivity index (χ4n) is 9.11. The van der Waals surface area contributed by atoms with Crippen molar-refractivity contribution >= 4 is 5.97 Å². The van der Waals surface area contributed by atoms with E-state index in [0.717, 1.165) is 38.5 Å². The molecule has 0 aromatic rings. The van der Waals surface area contributed by atoms with Crippen LogP contribution in [0.15, 0.2) is 0 Å². The molecule has 0 bridgehead atoms. The predicted octanol–water partition coefficient (Wildman–Crippen LogP) is 8.86. The number of ether oxygens (including phenoxy) is 6. The van der Waals surface area contributed by atoms with Crippen LogP contribution in [0, 0.1) is 0 Å². The molecule has 0 radical (unpaired) electrons. The van der Waals surface area contributed by atoms with Crippen LogP contribution in [-0.2, 0) is 33.2 Å². The normalized spacial score (nSPS) is 26.0. The highest BCUT2D eigenvalue weighted by molar-refractivity contribution is 5.69. The lowest BCUT2D eigenvalue weighted by molar-refractivity contribution is -0.332. The number of esters is 1. The molecule has 0 aliphatic carbocycles. The van der Waals surface area contributed by atoms with Gasteiger partial charge in [-0.3, -0.25) is 4.79 Å². The summed E-state index contributed by atoms with van der Waals surface area (Å²) in [5.74, 6) is -0.375. The number of carbonyl (C=O) groups is 1. The van der Waals surface area contributed by atoms with Gasteiger partial charge in [-0.1, -0.05) is 213 Å². The molecular formula is C53H102O14. The standard InChI is InChI=1S/C53H102O14/c1-3-5-7-9-11-13-14-15-16-17-18-19-20-21-22-23-24-25-26-27-28-29-31-33-35-37-62-39-42(65-45(55)36-34-32-30-12-10-8-6-4-2)40-63-52-51(61)49(59)47(57)44(67-52)41-64-53-50(60)48(58)46(56)43(38-54)66-53/h42-44,46-54,56-61H,3-41H2,1-2H3. The molecule has 7 N–H and O–H groups in total. The van der Waals surface area contributed by atoms with Gasteiger partial charge in [0.05, 0.1) is 26.4 Å². The molecule has 2 saturated heterocycles. The number of rotatable bonds is 45. The second-order valence-corrected chi connectivity index (χ2v) is 19.8. The van der Waals surface area contributed by atoms with Gasteiger partial charge < -0.3 is 64.2 Å². The molecule has 2 aliphatic heterocycles. The Balaban J connectivity index is 1.63. The molecule has 0 amide bonds. The summed E-state index contributed by atoms with van der Waals surface area (Å²) < 4.78 is 34.2. The van der Waals surface area contributed by atoms with Crippen LogP contribution < -0.4 is 0 Å². The van der Waals surface area contributed by atoms with Crippen LogP contribution in [0.2, 0.25) is 0 Å². The molecule has 2 heterocycles. The van der Waals surface area contributed by atoms with Crippen molar-refractivity contribution in [2.24, 2.45) is 0 Å². The minimum Gasteiger partial charge on any atom is -0.457 e. The summed E-state index contributed by atoms with van der Waals surface area (Å²) in [6.07, 6.45) is 26.3. The largest absolute Gasteiger partial charge is 0.457 e. The van der Waals surface area contributed by atoms with Gasteiger partial charge in [0.1, 0.15) is 54.9 Å². The Morgan fingerprint density at radius 3 is 1.21 bits per heavy atom. The van der Waals surface area contributed by atoms with E-state index in [0.29, 0.717) is 13.0 Å². The van der Waals surface area contributed by atoms with E-state index in [1.165, 1.54) is 167 Å². The maximum absolute atomic E-state index is 12.9. The average Bonchev–Trinajstić information content (AvgIpc) is 3.32. The predicted molar refractivity (Wildman–Crippen MR) is 261 cm³/mol. The van der Waals surface area contributed by atoms with Gasteiger partial charge in [0, 0.05) is 13.0 Å². The van der Waals surface area contributed by atoms with Crippen LogP contribution in [0.3, 0.4) is 0 Å². The highest BCUT2D eigenvalue weighted by Gasteiger charge is 2.47. The third kappa shape index (κ3) is 29.2. The van der Waals surface area contributed by atoms with E-state index in [4.69, 9.17) is 28.4 Å². The molecule has 398 valence electrons. The van der Waals surface area contributed by atoms with Gasteiger partial charge in [-0.25, -0.2) is 0 Å². The second kappa shape index (κ2) is 41.6. The van der Waals surface area contributed by atoms with Gasteiger partial charge in [-0.15, -0.1) is 0 Å². The van der Waals surface area contributed by atoms with E-state index in [9.17, 15) is 40.5 Å². The minimum absolute atomic E-state index is 0.0697. The first-order chi connectivity index (χ1) is 32.6. The monoisotopic (exact) mass is 963 g/mol. The van der Waals surface area contributed by atoms with Crippen molar-refractivity contribution in [3.8, 4) is 0 Å². The summed E-state index contributed by atoms with van der Waals surface area (Å²) in [5, 5.41) is 72.0. The molecule has 14 heteroatoms. The van der Waals surface area contributed by atoms with Crippen LogP contribution in [0.25, 0.3) is 0 Å². The summed E-state index contributed by atoms with van der Waals surface area (Å²) >= 11 is 0. The number of hydrogen-bond acceptors (Lipinski definition) is 14. The number of aliphatic hydroxyl groups excluding tert-OH is 7. The van der Waals surface area contributed by atoms with Crippen molar-refractivity contribution in [3.63, 3.8) is 0 Å². The van der Waals surface area contributed by atoms with E-state index in [1.807, 2.05) is 0 Å². The average molecular weight is 963 g/mol. The molecule has 14 nitrogen and oxygen atoms in total.